The molecule has 4 heteroatoms. The third-order valence-electron chi connectivity index (χ3n) is 3.19. The van der Waals surface area contributed by atoms with Gasteiger partial charge in [0.2, 0.25) is 0 Å². The summed E-state index contributed by atoms with van der Waals surface area (Å²) in [6.07, 6.45) is 0. The Morgan fingerprint density at radius 1 is 1.33 bits per heavy atom. The molecule has 1 heterocycles. The first-order valence-electron chi connectivity index (χ1n) is 5.22. The Hall–Kier alpha value is -1.55. The molecule has 0 aliphatic carbocycles. The van der Waals surface area contributed by atoms with Crippen LogP contribution in [0.25, 0.3) is 0 Å². The summed E-state index contributed by atoms with van der Waals surface area (Å²) in [5.74, 6) is 0. The maximum atomic E-state index is 11.9. The van der Waals surface area contributed by atoms with Gasteiger partial charge in [0.15, 0.2) is 5.69 Å². The Bertz CT molecular complexity index is 410. The average molecular weight is 206 g/mol. The zero-order valence-electron chi connectivity index (χ0n) is 9.08. The molecule has 0 atom stereocenters. The minimum atomic E-state index is 0.0422. The second kappa shape index (κ2) is 3.24. The van der Waals surface area contributed by atoms with Gasteiger partial charge in [-0.25, -0.2) is 9.28 Å². The first-order valence-corrected chi connectivity index (χ1v) is 5.22. The molecule has 2 amide bonds. The summed E-state index contributed by atoms with van der Waals surface area (Å²) in [5, 5.41) is 2.90. The summed E-state index contributed by atoms with van der Waals surface area (Å²) in [4.78, 5) is 11.9. The van der Waals surface area contributed by atoms with Crippen molar-refractivity contribution in [2.45, 2.75) is 13.8 Å². The van der Waals surface area contributed by atoms with Crippen molar-refractivity contribution in [3.8, 4) is 0 Å². The smallest absolute Gasteiger partial charge is 0.399 e. The van der Waals surface area contributed by atoms with Crippen LogP contribution in [0.4, 0.5) is 21.9 Å². The third kappa shape index (κ3) is 1.22. The van der Waals surface area contributed by atoms with Crippen molar-refractivity contribution in [1.82, 2.24) is 4.48 Å². The van der Waals surface area contributed by atoms with Crippen LogP contribution in [0.15, 0.2) is 18.2 Å². The van der Waals surface area contributed by atoms with Crippen LogP contribution in [0.3, 0.4) is 0 Å². The molecular weight excluding hydrogens is 190 g/mol. The number of carbonyl (C=O) groups is 1. The van der Waals surface area contributed by atoms with Gasteiger partial charge in [-0.15, -0.1) is 0 Å². The minimum absolute atomic E-state index is 0.0422. The van der Waals surface area contributed by atoms with E-state index in [1.54, 1.807) is 0 Å². The Labute approximate surface area is 89.3 Å². The van der Waals surface area contributed by atoms with Crippen LogP contribution in [0, 0.1) is 0 Å². The molecule has 1 aliphatic heterocycles. The fraction of sp³-hybridized carbons (Fsp3) is 0.364. The van der Waals surface area contributed by atoms with Crippen molar-refractivity contribution in [3.05, 3.63) is 18.2 Å². The number of fused-ring (bicyclic) bond motifs is 1. The minimum Gasteiger partial charge on any atom is -0.399 e. The van der Waals surface area contributed by atoms with Crippen LogP contribution in [0.1, 0.15) is 13.8 Å². The van der Waals surface area contributed by atoms with Crippen molar-refractivity contribution < 1.29 is 4.79 Å². The summed E-state index contributed by atoms with van der Waals surface area (Å²) in [6, 6.07) is 5.61. The number of nitrogens with one attached hydrogen (secondary N) is 1. The normalized spacial score (nSPS) is 17.3. The highest BCUT2D eigenvalue weighted by atomic mass is 16.2. The average Bonchev–Trinajstić information content (AvgIpc) is 2.50. The molecule has 0 aromatic heterocycles. The van der Waals surface area contributed by atoms with E-state index >= 15 is 0 Å². The van der Waals surface area contributed by atoms with Crippen molar-refractivity contribution in [2.24, 2.45) is 0 Å². The molecule has 15 heavy (non-hydrogen) atoms. The molecule has 1 aromatic carbocycles. The molecule has 0 spiro atoms. The van der Waals surface area contributed by atoms with E-state index in [-0.39, 0.29) is 6.03 Å². The van der Waals surface area contributed by atoms with E-state index in [1.165, 1.54) is 0 Å². The molecule has 4 nitrogen and oxygen atoms in total. The molecule has 0 radical (unpaired) electrons. The van der Waals surface area contributed by atoms with Gasteiger partial charge in [-0.05, 0) is 26.0 Å². The molecule has 0 bridgehead atoms. The summed E-state index contributed by atoms with van der Waals surface area (Å²) >= 11 is 0. The van der Waals surface area contributed by atoms with E-state index in [0.29, 0.717) is 10.2 Å². The van der Waals surface area contributed by atoms with E-state index in [1.807, 2.05) is 32.0 Å². The van der Waals surface area contributed by atoms with Crippen LogP contribution in [0.2, 0.25) is 0 Å². The lowest BCUT2D eigenvalue weighted by atomic mass is 10.2. The highest BCUT2D eigenvalue weighted by molar-refractivity contribution is 6.08. The number of nitrogen functional groups attached to an aromatic ring is 1. The molecule has 1 aromatic rings. The topological polar surface area (TPSA) is 55.1 Å². The largest absolute Gasteiger partial charge is 0.426 e. The van der Waals surface area contributed by atoms with Crippen LogP contribution in [-0.4, -0.2) is 19.1 Å². The second-order valence-corrected chi connectivity index (χ2v) is 3.81. The van der Waals surface area contributed by atoms with Gasteiger partial charge in [0.05, 0.1) is 13.1 Å². The molecular formula is C11H16N3O+. The number of nitrogens with zero attached hydrogens (tertiary/aromatic N) is 1. The maximum absolute atomic E-state index is 11.9. The monoisotopic (exact) mass is 206 g/mol. The number of quaternary nitrogens is 1. The van der Waals surface area contributed by atoms with Gasteiger partial charge >= 0.3 is 6.03 Å². The van der Waals surface area contributed by atoms with Crippen molar-refractivity contribution in [3.63, 3.8) is 0 Å². The third-order valence-corrected chi connectivity index (χ3v) is 3.19. The van der Waals surface area contributed by atoms with Crippen LogP contribution in [-0.2, 0) is 0 Å². The van der Waals surface area contributed by atoms with Gasteiger partial charge < -0.3 is 5.73 Å². The lowest BCUT2D eigenvalue weighted by Gasteiger charge is -2.27. The van der Waals surface area contributed by atoms with Crippen LogP contribution < -0.4 is 15.5 Å². The molecule has 0 saturated heterocycles. The molecule has 1 aliphatic rings. The highest BCUT2D eigenvalue weighted by Gasteiger charge is 2.44. The van der Waals surface area contributed by atoms with Gasteiger partial charge in [-0.2, -0.15) is 0 Å². The fourth-order valence-corrected chi connectivity index (χ4v) is 2.19. The number of benzene rings is 1. The molecule has 0 saturated carbocycles. The Morgan fingerprint density at radius 3 is 2.60 bits per heavy atom. The molecule has 80 valence electrons. The standard InChI is InChI=1S/C11H15N3O/c1-3-14(4-2)10-7-8(12)5-6-9(10)13-11(14)15/h5-7H,3-4,12H2,1-2H3/p+1. The Morgan fingerprint density at radius 2 is 2.00 bits per heavy atom. The van der Waals surface area contributed by atoms with Gasteiger partial charge in [-0.3, -0.25) is 5.32 Å². The van der Waals surface area contributed by atoms with Crippen molar-refractivity contribution >= 4 is 23.1 Å². The molecule has 3 N–H and O–H groups in total. The predicted molar refractivity (Wildman–Crippen MR) is 62.7 cm³/mol. The Kier molecular flexibility index (Phi) is 2.16. The van der Waals surface area contributed by atoms with Gasteiger partial charge in [0.1, 0.15) is 5.69 Å². The van der Waals surface area contributed by atoms with Crippen LogP contribution >= 0.6 is 0 Å². The van der Waals surface area contributed by atoms with E-state index < -0.39 is 0 Å². The van der Waals surface area contributed by atoms with Gasteiger partial charge in [0, 0.05) is 11.8 Å². The zero-order chi connectivity index (χ0) is 11.1. The number of hydrogen-bond acceptors (Lipinski definition) is 2. The van der Waals surface area contributed by atoms with E-state index in [2.05, 4.69) is 5.32 Å². The molecule has 0 fully saturated rings. The lowest BCUT2D eigenvalue weighted by molar-refractivity contribution is 0.221. The number of rotatable bonds is 2. The number of amides is 2. The second-order valence-electron chi connectivity index (χ2n) is 3.81. The molecule has 2 rings (SSSR count). The quantitative estimate of drug-likeness (QED) is 0.575. The predicted octanol–water partition coefficient (Wildman–Crippen LogP) is 2.16. The fourth-order valence-electron chi connectivity index (χ4n) is 2.19. The number of nitrogens with two attached hydrogens (primary N) is 1. The van der Waals surface area contributed by atoms with Gasteiger partial charge in [0.25, 0.3) is 0 Å². The summed E-state index contributed by atoms with van der Waals surface area (Å²) in [7, 11) is 0. The lowest BCUT2D eigenvalue weighted by Crippen LogP contribution is -2.52. The van der Waals surface area contributed by atoms with E-state index in [0.717, 1.165) is 24.5 Å². The number of carbonyl (C=O) groups excluding carboxylic acids is 1. The summed E-state index contributed by atoms with van der Waals surface area (Å²) in [5.41, 5.74) is 8.34. The SMILES string of the molecule is CC[N+]1(CC)C(=O)Nc2ccc(N)cc21. The number of hydrogen-bond donors (Lipinski definition) is 2. The van der Waals surface area contributed by atoms with E-state index in [4.69, 9.17) is 5.73 Å². The zero-order valence-corrected chi connectivity index (χ0v) is 9.08. The van der Waals surface area contributed by atoms with Crippen LogP contribution in [0.5, 0.6) is 0 Å². The van der Waals surface area contributed by atoms with Gasteiger partial charge in [-0.1, -0.05) is 0 Å². The number of urea groups is 1. The Balaban J connectivity index is 2.61. The van der Waals surface area contributed by atoms with Crippen molar-refractivity contribution in [1.29, 1.82) is 0 Å². The summed E-state index contributed by atoms with van der Waals surface area (Å²) in [6.45, 7) is 5.53. The summed E-state index contributed by atoms with van der Waals surface area (Å²) < 4.78 is 0.348. The first kappa shape index (κ1) is 9.98. The van der Waals surface area contributed by atoms with E-state index in [9.17, 15) is 4.79 Å². The first-order chi connectivity index (χ1) is 7.14. The maximum Gasteiger partial charge on any atom is 0.426 e. The number of anilines is 2. The highest BCUT2D eigenvalue weighted by Crippen LogP contribution is 2.39. The van der Waals surface area contributed by atoms with Crippen molar-refractivity contribution in [2.75, 3.05) is 24.1 Å². The molecule has 0 unspecified atom stereocenters.